The van der Waals surface area contributed by atoms with Crippen molar-refractivity contribution in [3.05, 3.63) is 35.5 Å². The molecule has 1 fully saturated rings. The average Bonchev–Trinajstić information content (AvgIpc) is 3.08. The fourth-order valence-corrected chi connectivity index (χ4v) is 2.63. The minimum absolute atomic E-state index is 0.00826. The van der Waals surface area contributed by atoms with Crippen molar-refractivity contribution in [2.45, 2.75) is 13.3 Å². The van der Waals surface area contributed by atoms with Gasteiger partial charge in [0, 0.05) is 31.9 Å². The molecule has 25 heavy (non-hydrogen) atoms. The summed E-state index contributed by atoms with van der Waals surface area (Å²) in [6.45, 7) is 3.73. The molecule has 132 valence electrons. The third-order valence-electron chi connectivity index (χ3n) is 4.18. The standard InChI is InChI=1S/C16H20N6O3/c1-2-11-3-5-12(6-4-11)18-16(24)22-9-7-21(8-10-22)15(23)13-14(17)20-25-19-13/h3-6H,2,7-10H2,1H3,(H2,17,20)(H,18,24). The third kappa shape index (κ3) is 3.70. The predicted molar refractivity (Wildman–Crippen MR) is 91.0 cm³/mol. The first kappa shape index (κ1) is 16.7. The van der Waals surface area contributed by atoms with Crippen LogP contribution in [0.1, 0.15) is 23.0 Å². The topological polar surface area (TPSA) is 118 Å². The van der Waals surface area contributed by atoms with E-state index < -0.39 is 0 Å². The Kier molecular flexibility index (Phi) is 4.82. The van der Waals surface area contributed by atoms with E-state index in [1.165, 1.54) is 5.56 Å². The van der Waals surface area contributed by atoms with Crippen LogP contribution in [0.15, 0.2) is 28.9 Å². The average molecular weight is 344 g/mol. The van der Waals surface area contributed by atoms with E-state index in [9.17, 15) is 9.59 Å². The maximum atomic E-state index is 12.3. The monoisotopic (exact) mass is 344 g/mol. The number of carbonyl (C=O) groups is 2. The number of aryl methyl sites for hydroxylation is 1. The number of aromatic nitrogens is 2. The Morgan fingerprint density at radius 2 is 1.76 bits per heavy atom. The summed E-state index contributed by atoms with van der Waals surface area (Å²) in [7, 11) is 0. The Hall–Kier alpha value is -3.10. The molecule has 3 rings (SSSR count). The molecule has 2 aromatic rings. The second kappa shape index (κ2) is 7.20. The first-order valence-corrected chi connectivity index (χ1v) is 8.10. The van der Waals surface area contributed by atoms with Crippen LogP contribution < -0.4 is 11.1 Å². The first-order chi connectivity index (χ1) is 12.1. The van der Waals surface area contributed by atoms with Crippen molar-refractivity contribution in [3.63, 3.8) is 0 Å². The second-order valence-electron chi connectivity index (χ2n) is 5.76. The fourth-order valence-electron chi connectivity index (χ4n) is 2.63. The number of anilines is 2. The number of piperazine rings is 1. The lowest BCUT2D eigenvalue weighted by atomic mass is 10.1. The summed E-state index contributed by atoms with van der Waals surface area (Å²) in [6, 6.07) is 7.57. The van der Waals surface area contributed by atoms with Gasteiger partial charge in [-0.15, -0.1) is 0 Å². The highest BCUT2D eigenvalue weighted by Crippen LogP contribution is 2.14. The molecule has 1 saturated heterocycles. The number of rotatable bonds is 3. The van der Waals surface area contributed by atoms with Gasteiger partial charge in [0.1, 0.15) is 0 Å². The number of nitrogen functional groups attached to an aromatic ring is 1. The Labute approximate surface area is 144 Å². The van der Waals surface area contributed by atoms with E-state index in [4.69, 9.17) is 5.73 Å². The van der Waals surface area contributed by atoms with Crippen LogP contribution in [0.2, 0.25) is 0 Å². The Balaban J connectivity index is 1.53. The Bertz CT molecular complexity index is 749. The van der Waals surface area contributed by atoms with E-state index in [0.29, 0.717) is 26.2 Å². The number of amides is 3. The number of hydrogen-bond donors (Lipinski definition) is 2. The van der Waals surface area contributed by atoms with E-state index in [1.54, 1.807) is 9.80 Å². The summed E-state index contributed by atoms with van der Waals surface area (Å²) in [6.07, 6.45) is 0.954. The molecule has 1 aromatic heterocycles. The van der Waals surface area contributed by atoms with Gasteiger partial charge < -0.3 is 20.9 Å². The molecule has 0 atom stereocenters. The summed E-state index contributed by atoms with van der Waals surface area (Å²) in [5, 5.41) is 9.79. The molecule has 0 radical (unpaired) electrons. The highest BCUT2D eigenvalue weighted by Gasteiger charge is 2.28. The van der Waals surface area contributed by atoms with Crippen molar-refractivity contribution in [1.29, 1.82) is 0 Å². The molecular formula is C16H20N6O3. The van der Waals surface area contributed by atoms with Crippen LogP contribution in [-0.2, 0) is 6.42 Å². The summed E-state index contributed by atoms with van der Waals surface area (Å²) in [5.74, 6) is -0.366. The molecule has 0 spiro atoms. The summed E-state index contributed by atoms with van der Waals surface area (Å²) in [5.41, 5.74) is 7.52. The highest BCUT2D eigenvalue weighted by atomic mass is 16.6. The van der Waals surface area contributed by atoms with Crippen molar-refractivity contribution in [2.24, 2.45) is 0 Å². The number of benzene rings is 1. The zero-order valence-electron chi connectivity index (χ0n) is 13.9. The van der Waals surface area contributed by atoms with Gasteiger partial charge in [-0.3, -0.25) is 4.79 Å². The number of hydrogen-bond acceptors (Lipinski definition) is 6. The molecule has 0 aliphatic carbocycles. The van der Waals surface area contributed by atoms with E-state index in [1.807, 2.05) is 24.3 Å². The van der Waals surface area contributed by atoms with E-state index in [0.717, 1.165) is 12.1 Å². The number of urea groups is 1. The van der Waals surface area contributed by atoms with Crippen molar-refractivity contribution < 1.29 is 14.2 Å². The van der Waals surface area contributed by atoms with Gasteiger partial charge in [-0.05, 0) is 34.4 Å². The quantitative estimate of drug-likeness (QED) is 0.864. The maximum Gasteiger partial charge on any atom is 0.321 e. The van der Waals surface area contributed by atoms with Crippen molar-refractivity contribution in [2.75, 3.05) is 37.2 Å². The Morgan fingerprint density at radius 3 is 2.32 bits per heavy atom. The van der Waals surface area contributed by atoms with Gasteiger partial charge in [-0.2, -0.15) is 0 Å². The van der Waals surface area contributed by atoms with Gasteiger partial charge in [0.25, 0.3) is 5.91 Å². The van der Waals surface area contributed by atoms with Gasteiger partial charge in [-0.1, -0.05) is 19.1 Å². The van der Waals surface area contributed by atoms with Gasteiger partial charge in [-0.25, -0.2) is 9.42 Å². The molecule has 3 amide bonds. The van der Waals surface area contributed by atoms with Crippen molar-refractivity contribution >= 4 is 23.4 Å². The zero-order chi connectivity index (χ0) is 17.8. The van der Waals surface area contributed by atoms with Gasteiger partial charge in [0.2, 0.25) is 11.5 Å². The normalized spacial score (nSPS) is 14.4. The van der Waals surface area contributed by atoms with Crippen LogP contribution in [0, 0.1) is 0 Å². The molecule has 0 saturated carbocycles. The van der Waals surface area contributed by atoms with Gasteiger partial charge >= 0.3 is 6.03 Å². The second-order valence-corrected chi connectivity index (χ2v) is 5.76. The van der Waals surface area contributed by atoms with Crippen LogP contribution >= 0.6 is 0 Å². The van der Waals surface area contributed by atoms with Crippen LogP contribution in [0.5, 0.6) is 0 Å². The predicted octanol–water partition coefficient (Wildman–Crippen LogP) is 1.20. The minimum atomic E-state index is -0.339. The molecule has 3 N–H and O–H groups in total. The number of nitrogens with two attached hydrogens (primary N) is 1. The van der Waals surface area contributed by atoms with Gasteiger partial charge in [0.05, 0.1) is 0 Å². The lowest BCUT2D eigenvalue weighted by Crippen LogP contribution is -2.51. The maximum absolute atomic E-state index is 12.3. The SMILES string of the molecule is CCc1ccc(NC(=O)N2CCN(C(=O)c3nonc3N)CC2)cc1. The fraction of sp³-hybridized carbons (Fsp3) is 0.375. The van der Waals surface area contributed by atoms with Crippen LogP contribution in [0.3, 0.4) is 0 Å². The molecule has 1 aliphatic rings. The molecule has 0 bridgehead atoms. The molecule has 9 heteroatoms. The summed E-state index contributed by atoms with van der Waals surface area (Å²) >= 11 is 0. The highest BCUT2D eigenvalue weighted by molar-refractivity contribution is 5.96. The van der Waals surface area contributed by atoms with Gasteiger partial charge in [0.15, 0.2) is 0 Å². The van der Waals surface area contributed by atoms with E-state index in [-0.39, 0.29) is 23.5 Å². The van der Waals surface area contributed by atoms with Crippen LogP contribution in [0.25, 0.3) is 0 Å². The molecule has 0 unspecified atom stereocenters. The first-order valence-electron chi connectivity index (χ1n) is 8.10. The van der Waals surface area contributed by atoms with Crippen LogP contribution in [-0.4, -0.2) is 58.2 Å². The lowest BCUT2D eigenvalue weighted by Gasteiger charge is -2.34. The molecule has 9 nitrogen and oxygen atoms in total. The number of nitrogens with zero attached hydrogens (tertiary/aromatic N) is 4. The van der Waals surface area contributed by atoms with Crippen LogP contribution in [0.4, 0.5) is 16.3 Å². The molecular weight excluding hydrogens is 324 g/mol. The zero-order valence-corrected chi connectivity index (χ0v) is 13.9. The number of carbonyl (C=O) groups excluding carboxylic acids is 2. The third-order valence-corrected chi connectivity index (χ3v) is 4.18. The van der Waals surface area contributed by atoms with Crippen molar-refractivity contribution in [3.8, 4) is 0 Å². The summed E-state index contributed by atoms with van der Waals surface area (Å²) in [4.78, 5) is 27.9. The van der Waals surface area contributed by atoms with Crippen molar-refractivity contribution in [1.82, 2.24) is 20.1 Å². The Morgan fingerprint density at radius 1 is 1.12 bits per heavy atom. The minimum Gasteiger partial charge on any atom is -0.379 e. The molecule has 1 aromatic carbocycles. The van der Waals surface area contributed by atoms with E-state index in [2.05, 4.69) is 27.2 Å². The molecule has 1 aliphatic heterocycles. The van der Waals surface area contributed by atoms with E-state index >= 15 is 0 Å². The summed E-state index contributed by atoms with van der Waals surface area (Å²) < 4.78 is 4.45. The number of nitrogens with one attached hydrogen (secondary N) is 1. The smallest absolute Gasteiger partial charge is 0.321 e. The largest absolute Gasteiger partial charge is 0.379 e. The molecule has 2 heterocycles. The lowest BCUT2D eigenvalue weighted by molar-refractivity contribution is 0.0661.